The molecule has 0 saturated carbocycles. The molecule has 0 fully saturated rings. The smallest absolute Gasteiger partial charge is 0.103 e. The van der Waals surface area contributed by atoms with Crippen LogP contribution in [0.2, 0.25) is 5.02 Å². The van der Waals surface area contributed by atoms with Crippen LogP contribution >= 0.6 is 11.6 Å². The van der Waals surface area contributed by atoms with Crippen LogP contribution < -0.4 is 4.90 Å². The molecular weight excluding hydrogens is 220 g/mol. The summed E-state index contributed by atoms with van der Waals surface area (Å²) in [5.74, 6) is 0. The largest absolute Gasteiger partial charge is 0.373 e. The maximum Gasteiger partial charge on any atom is 0.103 e. The molecule has 0 aromatic heterocycles. The van der Waals surface area contributed by atoms with Crippen molar-refractivity contribution in [3.8, 4) is 6.07 Å². The number of halogens is 1. The van der Waals surface area contributed by atoms with Crippen LogP contribution in [0.25, 0.3) is 0 Å². The Morgan fingerprint density at radius 1 is 1.38 bits per heavy atom. The summed E-state index contributed by atoms with van der Waals surface area (Å²) < 4.78 is 0. The molecule has 0 radical (unpaired) electrons. The molecule has 0 bridgehead atoms. The zero-order chi connectivity index (χ0) is 12.3. The van der Waals surface area contributed by atoms with Crippen LogP contribution in [0.4, 0.5) is 5.69 Å². The highest BCUT2D eigenvalue weighted by molar-refractivity contribution is 6.32. The van der Waals surface area contributed by atoms with Crippen LogP contribution in [-0.4, -0.2) is 13.6 Å². The van der Waals surface area contributed by atoms with Gasteiger partial charge >= 0.3 is 0 Å². The zero-order valence-electron chi connectivity index (χ0n) is 10.2. The summed E-state index contributed by atoms with van der Waals surface area (Å²) >= 11 is 6.00. The van der Waals surface area contributed by atoms with Crippen molar-refractivity contribution in [3.63, 3.8) is 0 Å². The molecule has 16 heavy (non-hydrogen) atoms. The van der Waals surface area contributed by atoms with E-state index >= 15 is 0 Å². The van der Waals surface area contributed by atoms with Crippen LogP contribution in [0.1, 0.15) is 26.3 Å². The Labute approximate surface area is 102 Å². The molecule has 0 atom stereocenters. The lowest BCUT2D eigenvalue weighted by molar-refractivity contribution is 0.419. The number of hydrogen-bond acceptors (Lipinski definition) is 2. The minimum Gasteiger partial charge on any atom is -0.373 e. The summed E-state index contributed by atoms with van der Waals surface area (Å²) in [7, 11) is 1.98. The monoisotopic (exact) mass is 236 g/mol. The zero-order valence-corrected chi connectivity index (χ0v) is 11.0. The van der Waals surface area contributed by atoms with E-state index in [-0.39, 0.29) is 5.41 Å². The van der Waals surface area contributed by atoms with Gasteiger partial charge in [0, 0.05) is 13.6 Å². The topological polar surface area (TPSA) is 27.0 Å². The molecule has 0 N–H and O–H groups in total. The number of rotatable bonds is 2. The third kappa shape index (κ3) is 3.15. The molecule has 0 spiro atoms. The van der Waals surface area contributed by atoms with Gasteiger partial charge in [-0.15, -0.1) is 0 Å². The summed E-state index contributed by atoms with van der Waals surface area (Å²) in [6.45, 7) is 7.38. The average molecular weight is 237 g/mol. The molecule has 3 heteroatoms. The lowest BCUT2D eigenvalue weighted by atomic mass is 9.96. The number of hydrogen-bond donors (Lipinski definition) is 0. The number of anilines is 1. The van der Waals surface area contributed by atoms with Crippen LogP contribution in [0.3, 0.4) is 0 Å². The van der Waals surface area contributed by atoms with E-state index in [1.165, 1.54) is 0 Å². The molecule has 0 amide bonds. The molecule has 0 aliphatic rings. The fraction of sp³-hybridized carbons (Fsp3) is 0.462. The summed E-state index contributed by atoms with van der Waals surface area (Å²) in [5.41, 5.74) is 1.63. The van der Waals surface area contributed by atoms with E-state index in [1.807, 2.05) is 19.2 Å². The van der Waals surface area contributed by atoms with E-state index in [0.29, 0.717) is 10.6 Å². The Morgan fingerprint density at radius 3 is 2.50 bits per heavy atom. The van der Waals surface area contributed by atoms with Crippen molar-refractivity contribution >= 4 is 17.3 Å². The Hall–Kier alpha value is -1.20. The molecular formula is C13H17ClN2. The van der Waals surface area contributed by atoms with Gasteiger partial charge in [0.15, 0.2) is 0 Å². The maximum atomic E-state index is 9.09. The van der Waals surface area contributed by atoms with Gasteiger partial charge in [0.25, 0.3) is 0 Å². The Bertz CT molecular complexity index is 413. The molecule has 86 valence electrons. The molecule has 2 nitrogen and oxygen atoms in total. The van der Waals surface area contributed by atoms with Gasteiger partial charge in [-0.25, -0.2) is 0 Å². The van der Waals surface area contributed by atoms with Crippen molar-refractivity contribution in [2.45, 2.75) is 20.8 Å². The predicted molar refractivity (Wildman–Crippen MR) is 68.9 cm³/mol. The van der Waals surface area contributed by atoms with Crippen molar-refractivity contribution in [1.82, 2.24) is 0 Å². The molecule has 1 aromatic rings. The van der Waals surface area contributed by atoms with Crippen molar-refractivity contribution in [1.29, 1.82) is 5.26 Å². The van der Waals surface area contributed by atoms with Crippen LogP contribution in [-0.2, 0) is 0 Å². The standard InChI is InChI=1S/C13H17ClN2/c1-13(2,3)9-16(4)12-7-5-6-11(14)10(12)8-15/h5-7H,9H2,1-4H3. The first-order valence-electron chi connectivity index (χ1n) is 5.25. The van der Waals surface area contributed by atoms with Crippen LogP contribution in [0, 0.1) is 16.7 Å². The first-order valence-corrected chi connectivity index (χ1v) is 5.63. The summed E-state index contributed by atoms with van der Waals surface area (Å²) in [5, 5.41) is 9.60. The van der Waals surface area contributed by atoms with Gasteiger partial charge in [0.2, 0.25) is 0 Å². The highest BCUT2D eigenvalue weighted by Gasteiger charge is 2.17. The van der Waals surface area contributed by atoms with E-state index in [4.69, 9.17) is 16.9 Å². The predicted octanol–water partition coefficient (Wildman–Crippen LogP) is 3.69. The Morgan fingerprint density at radius 2 is 2.00 bits per heavy atom. The molecule has 0 heterocycles. The van der Waals surface area contributed by atoms with Gasteiger partial charge in [-0.1, -0.05) is 38.4 Å². The van der Waals surface area contributed by atoms with Gasteiger partial charge in [0.05, 0.1) is 16.3 Å². The van der Waals surface area contributed by atoms with Gasteiger partial charge in [-0.2, -0.15) is 5.26 Å². The van der Waals surface area contributed by atoms with Gasteiger partial charge in [-0.05, 0) is 17.5 Å². The number of nitriles is 1. The second-order valence-electron chi connectivity index (χ2n) is 5.16. The Kier molecular flexibility index (Phi) is 3.83. The quantitative estimate of drug-likeness (QED) is 0.783. The summed E-state index contributed by atoms with van der Waals surface area (Å²) in [4.78, 5) is 2.07. The normalized spacial score (nSPS) is 11.0. The lowest BCUT2D eigenvalue weighted by Crippen LogP contribution is -2.29. The fourth-order valence-corrected chi connectivity index (χ4v) is 1.95. The fourth-order valence-electron chi connectivity index (χ4n) is 1.74. The van der Waals surface area contributed by atoms with Crippen LogP contribution in [0.15, 0.2) is 18.2 Å². The Balaban J connectivity index is 3.05. The molecule has 1 rings (SSSR count). The van der Waals surface area contributed by atoms with Crippen molar-refractivity contribution in [3.05, 3.63) is 28.8 Å². The van der Waals surface area contributed by atoms with Crippen LogP contribution in [0.5, 0.6) is 0 Å². The van der Waals surface area contributed by atoms with Crippen molar-refractivity contribution < 1.29 is 0 Å². The second-order valence-corrected chi connectivity index (χ2v) is 5.57. The van der Waals surface area contributed by atoms with Gasteiger partial charge in [0.1, 0.15) is 6.07 Å². The van der Waals surface area contributed by atoms with Crippen molar-refractivity contribution in [2.24, 2.45) is 5.41 Å². The third-order valence-corrected chi connectivity index (χ3v) is 2.54. The summed E-state index contributed by atoms with van der Waals surface area (Å²) in [6, 6.07) is 7.70. The van der Waals surface area contributed by atoms with E-state index in [2.05, 4.69) is 31.7 Å². The molecule has 0 saturated heterocycles. The van der Waals surface area contributed by atoms with Crippen molar-refractivity contribution in [2.75, 3.05) is 18.5 Å². The minimum atomic E-state index is 0.184. The second kappa shape index (κ2) is 4.76. The molecule has 1 aromatic carbocycles. The van der Waals surface area contributed by atoms with E-state index in [1.54, 1.807) is 6.07 Å². The first kappa shape index (κ1) is 12.9. The van der Waals surface area contributed by atoms with Gasteiger partial charge < -0.3 is 4.90 Å². The average Bonchev–Trinajstić information content (AvgIpc) is 2.14. The maximum absolute atomic E-state index is 9.09. The molecule has 0 aliphatic carbocycles. The molecule has 0 aliphatic heterocycles. The highest BCUT2D eigenvalue weighted by Crippen LogP contribution is 2.28. The SMILES string of the molecule is CN(CC(C)(C)C)c1cccc(Cl)c1C#N. The van der Waals surface area contributed by atoms with E-state index in [0.717, 1.165) is 12.2 Å². The van der Waals surface area contributed by atoms with Gasteiger partial charge in [-0.3, -0.25) is 0 Å². The third-order valence-electron chi connectivity index (χ3n) is 2.23. The highest BCUT2D eigenvalue weighted by atomic mass is 35.5. The number of benzene rings is 1. The first-order chi connectivity index (χ1) is 7.35. The minimum absolute atomic E-state index is 0.184. The summed E-state index contributed by atoms with van der Waals surface area (Å²) in [6.07, 6.45) is 0. The lowest BCUT2D eigenvalue weighted by Gasteiger charge is -2.29. The van der Waals surface area contributed by atoms with E-state index < -0.39 is 0 Å². The number of nitrogens with zero attached hydrogens (tertiary/aromatic N) is 2. The van der Waals surface area contributed by atoms with E-state index in [9.17, 15) is 0 Å². The molecule has 0 unspecified atom stereocenters.